The highest BCUT2D eigenvalue weighted by Gasteiger charge is 2.10. The van der Waals surface area contributed by atoms with Gasteiger partial charge in [-0.25, -0.2) is 8.42 Å². The molecule has 0 bridgehead atoms. The van der Waals surface area contributed by atoms with Crippen LogP contribution in [-0.2, 0) is 14.6 Å². The van der Waals surface area contributed by atoms with E-state index in [9.17, 15) is 8.42 Å². The minimum atomic E-state index is -3.10. The molecule has 0 aromatic heterocycles. The van der Waals surface area contributed by atoms with E-state index in [1.54, 1.807) is 38.3 Å². The van der Waals surface area contributed by atoms with Crippen molar-refractivity contribution in [3.63, 3.8) is 0 Å². The lowest BCUT2D eigenvalue weighted by Gasteiger charge is -2.08. The Kier molecular flexibility index (Phi) is 6.83. The van der Waals surface area contributed by atoms with Gasteiger partial charge >= 0.3 is 0 Å². The molecule has 1 aromatic rings. The van der Waals surface area contributed by atoms with Gasteiger partial charge in [-0.2, -0.15) is 0 Å². The molecule has 0 heterocycles. The highest BCUT2D eigenvalue weighted by Crippen LogP contribution is 2.14. The molecule has 0 aliphatic carbocycles. The first kappa shape index (κ1) is 15.9. The van der Waals surface area contributed by atoms with Crippen LogP contribution in [-0.4, -0.2) is 47.5 Å². The van der Waals surface area contributed by atoms with Crippen LogP contribution < -0.4 is 10.6 Å². The first-order chi connectivity index (χ1) is 9.10. The summed E-state index contributed by atoms with van der Waals surface area (Å²) in [5, 5.41) is 6.44. The number of hydrogen-bond donors (Lipinski definition) is 2. The third-order valence-electron chi connectivity index (χ3n) is 2.71. The van der Waals surface area contributed by atoms with Gasteiger partial charge in [-0.3, -0.25) is 0 Å². The fraction of sp³-hybridized carbons (Fsp3) is 0.538. The zero-order chi connectivity index (χ0) is 14.1. The standard InChI is InChI=1S/C13H22N2O3S/c1-3-19(16,17)13-6-4-12(5-7-13)15-9-8-14-10-11-18-2/h4-7,14-15H,3,8-11H2,1-2H3. The van der Waals surface area contributed by atoms with Gasteiger partial charge in [-0.1, -0.05) is 6.92 Å². The maximum atomic E-state index is 11.6. The fourth-order valence-electron chi connectivity index (χ4n) is 1.54. The molecule has 0 fully saturated rings. The maximum Gasteiger partial charge on any atom is 0.178 e. The van der Waals surface area contributed by atoms with Crippen LogP contribution in [0.25, 0.3) is 0 Å². The van der Waals surface area contributed by atoms with Crippen molar-refractivity contribution in [3.05, 3.63) is 24.3 Å². The molecule has 0 aliphatic heterocycles. The van der Waals surface area contributed by atoms with Crippen molar-refractivity contribution >= 4 is 15.5 Å². The van der Waals surface area contributed by atoms with Crippen molar-refractivity contribution < 1.29 is 13.2 Å². The zero-order valence-corrected chi connectivity index (χ0v) is 12.3. The van der Waals surface area contributed by atoms with Gasteiger partial charge in [0.15, 0.2) is 9.84 Å². The van der Waals surface area contributed by atoms with E-state index in [0.29, 0.717) is 11.5 Å². The molecule has 108 valence electrons. The Hall–Kier alpha value is -1.11. The van der Waals surface area contributed by atoms with Crippen LogP contribution in [0.2, 0.25) is 0 Å². The van der Waals surface area contributed by atoms with Crippen LogP contribution >= 0.6 is 0 Å². The predicted molar refractivity (Wildman–Crippen MR) is 77.4 cm³/mol. The Morgan fingerprint density at radius 1 is 1.11 bits per heavy atom. The average molecular weight is 286 g/mol. The summed E-state index contributed by atoms with van der Waals surface area (Å²) in [5.74, 6) is 0.128. The Morgan fingerprint density at radius 2 is 1.79 bits per heavy atom. The normalized spacial score (nSPS) is 11.5. The number of sulfone groups is 1. The van der Waals surface area contributed by atoms with Gasteiger partial charge in [-0.05, 0) is 24.3 Å². The minimum absolute atomic E-state index is 0.128. The molecule has 0 aliphatic rings. The molecule has 0 radical (unpaired) electrons. The summed E-state index contributed by atoms with van der Waals surface area (Å²) in [4.78, 5) is 0.374. The van der Waals surface area contributed by atoms with Gasteiger partial charge in [0.2, 0.25) is 0 Å². The SMILES string of the molecule is CCS(=O)(=O)c1ccc(NCCNCCOC)cc1. The first-order valence-corrected chi connectivity index (χ1v) is 8.01. The Balaban J connectivity index is 2.37. The minimum Gasteiger partial charge on any atom is -0.384 e. The molecule has 0 unspecified atom stereocenters. The Bertz CT molecular complexity index is 457. The number of nitrogens with one attached hydrogen (secondary N) is 2. The summed E-state index contributed by atoms with van der Waals surface area (Å²) < 4.78 is 28.2. The van der Waals surface area contributed by atoms with Crippen LogP contribution in [0.1, 0.15) is 6.92 Å². The van der Waals surface area contributed by atoms with E-state index < -0.39 is 9.84 Å². The highest BCUT2D eigenvalue weighted by molar-refractivity contribution is 7.91. The molecule has 6 heteroatoms. The van der Waals surface area contributed by atoms with Gasteiger partial charge in [-0.15, -0.1) is 0 Å². The van der Waals surface area contributed by atoms with Crippen LogP contribution in [0.4, 0.5) is 5.69 Å². The number of benzene rings is 1. The second kappa shape index (κ2) is 8.14. The van der Waals surface area contributed by atoms with Crippen LogP contribution in [0.5, 0.6) is 0 Å². The van der Waals surface area contributed by atoms with E-state index >= 15 is 0 Å². The summed E-state index contributed by atoms with van der Waals surface area (Å²) in [6, 6.07) is 6.86. The Labute approximate surface area is 115 Å². The molecule has 0 spiro atoms. The quantitative estimate of drug-likeness (QED) is 0.666. The molecule has 0 saturated heterocycles. The van der Waals surface area contributed by atoms with Crippen LogP contribution in [0.15, 0.2) is 29.2 Å². The van der Waals surface area contributed by atoms with Crippen LogP contribution in [0, 0.1) is 0 Å². The first-order valence-electron chi connectivity index (χ1n) is 6.36. The van der Waals surface area contributed by atoms with E-state index in [0.717, 1.165) is 25.3 Å². The molecular formula is C13H22N2O3S. The molecule has 1 rings (SSSR count). The van der Waals surface area contributed by atoms with Gasteiger partial charge in [0.1, 0.15) is 0 Å². The monoisotopic (exact) mass is 286 g/mol. The van der Waals surface area contributed by atoms with Crippen molar-refractivity contribution in [1.29, 1.82) is 0 Å². The van der Waals surface area contributed by atoms with Crippen molar-refractivity contribution in [2.24, 2.45) is 0 Å². The molecule has 0 amide bonds. The summed E-state index contributed by atoms with van der Waals surface area (Å²) in [5.41, 5.74) is 0.920. The Morgan fingerprint density at radius 3 is 2.37 bits per heavy atom. The van der Waals surface area contributed by atoms with E-state index in [1.807, 2.05) is 0 Å². The average Bonchev–Trinajstić information content (AvgIpc) is 2.43. The van der Waals surface area contributed by atoms with Crippen LogP contribution in [0.3, 0.4) is 0 Å². The van der Waals surface area contributed by atoms with E-state index in [4.69, 9.17) is 4.74 Å². The number of rotatable bonds is 9. The van der Waals surface area contributed by atoms with Crippen molar-refractivity contribution in [1.82, 2.24) is 5.32 Å². The fourth-order valence-corrected chi connectivity index (χ4v) is 2.43. The van der Waals surface area contributed by atoms with Crippen molar-refractivity contribution in [2.45, 2.75) is 11.8 Å². The lowest BCUT2D eigenvalue weighted by molar-refractivity contribution is 0.200. The number of ether oxygens (including phenoxy) is 1. The lowest BCUT2D eigenvalue weighted by Crippen LogP contribution is -2.25. The summed E-state index contributed by atoms with van der Waals surface area (Å²) >= 11 is 0. The maximum absolute atomic E-state index is 11.6. The molecule has 0 saturated carbocycles. The lowest BCUT2D eigenvalue weighted by atomic mass is 10.3. The molecule has 5 nitrogen and oxygen atoms in total. The van der Waals surface area contributed by atoms with Gasteiger partial charge < -0.3 is 15.4 Å². The smallest absolute Gasteiger partial charge is 0.178 e. The van der Waals surface area contributed by atoms with Crippen molar-refractivity contribution in [3.8, 4) is 0 Å². The van der Waals surface area contributed by atoms with Crippen molar-refractivity contribution in [2.75, 3.05) is 44.4 Å². The van der Waals surface area contributed by atoms with E-state index in [2.05, 4.69) is 10.6 Å². The topological polar surface area (TPSA) is 67.4 Å². The molecule has 19 heavy (non-hydrogen) atoms. The third-order valence-corrected chi connectivity index (χ3v) is 4.46. The zero-order valence-electron chi connectivity index (χ0n) is 11.5. The van der Waals surface area contributed by atoms with E-state index in [1.165, 1.54) is 0 Å². The summed E-state index contributed by atoms with van der Waals surface area (Å²) in [7, 11) is -1.43. The summed E-state index contributed by atoms with van der Waals surface area (Å²) in [6.45, 7) is 4.78. The highest BCUT2D eigenvalue weighted by atomic mass is 32.2. The summed E-state index contributed by atoms with van der Waals surface area (Å²) in [6.07, 6.45) is 0. The molecule has 1 aromatic carbocycles. The number of anilines is 1. The van der Waals surface area contributed by atoms with Gasteiger partial charge in [0, 0.05) is 32.4 Å². The second-order valence-electron chi connectivity index (χ2n) is 4.10. The predicted octanol–water partition coefficient (Wildman–Crippen LogP) is 1.13. The molecule has 0 atom stereocenters. The number of methoxy groups -OCH3 is 1. The molecule has 2 N–H and O–H groups in total. The second-order valence-corrected chi connectivity index (χ2v) is 6.38. The largest absolute Gasteiger partial charge is 0.384 e. The number of hydrogen-bond acceptors (Lipinski definition) is 5. The molecular weight excluding hydrogens is 264 g/mol. The van der Waals surface area contributed by atoms with Gasteiger partial charge in [0.25, 0.3) is 0 Å². The third kappa shape index (κ3) is 5.59. The van der Waals surface area contributed by atoms with E-state index in [-0.39, 0.29) is 5.75 Å². The van der Waals surface area contributed by atoms with Gasteiger partial charge in [0.05, 0.1) is 17.3 Å².